The number of fused-ring (bicyclic) bond motifs is 2. The second-order valence-electron chi connectivity index (χ2n) is 4.28. The number of benzene rings is 1. The van der Waals surface area contributed by atoms with Crippen LogP contribution in [0.1, 0.15) is 18.9 Å². The lowest BCUT2D eigenvalue weighted by Gasteiger charge is -2.32. The highest BCUT2D eigenvalue weighted by atomic mass is 127. The third-order valence-corrected chi connectivity index (χ3v) is 5.27. The quantitative estimate of drug-likeness (QED) is 0.487. The van der Waals surface area contributed by atoms with Gasteiger partial charge in [0, 0.05) is 30.1 Å². The first kappa shape index (κ1) is 12.6. The summed E-state index contributed by atoms with van der Waals surface area (Å²) in [5.41, 5.74) is 4.20. The van der Waals surface area contributed by atoms with Gasteiger partial charge in [-0.1, -0.05) is 0 Å². The van der Waals surface area contributed by atoms with Gasteiger partial charge in [0.15, 0.2) is 0 Å². The lowest BCUT2D eigenvalue weighted by atomic mass is 9.99. The van der Waals surface area contributed by atoms with Crippen LogP contribution in [0.5, 0.6) is 5.75 Å². The van der Waals surface area contributed by atoms with Crippen LogP contribution in [0.25, 0.3) is 5.57 Å². The smallest absolute Gasteiger partial charge is 0.119 e. The summed E-state index contributed by atoms with van der Waals surface area (Å²) in [6.07, 6.45) is 1.10. The van der Waals surface area contributed by atoms with Gasteiger partial charge in [-0.05, 0) is 48.2 Å². The van der Waals surface area contributed by atoms with Crippen molar-refractivity contribution in [3.63, 3.8) is 0 Å². The third kappa shape index (κ3) is 2.23. The van der Waals surface area contributed by atoms with Gasteiger partial charge >= 0.3 is 0 Å². The zero-order chi connectivity index (χ0) is 12.5. The standard InChI is InChI=1S/C13H15IN2OS/c1-2-17-9-3-4-13-10(7-9)11-8-15-6-5-12(11)16(14)18-13/h3-4,7,15H,2,5-6,8H2,1H3. The number of hydrogen-bond donors (Lipinski definition) is 1. The minimum atomic E-state index is 0.717. The first-order valence-corrected chi connectivity index (χ1v) is 7.87. The maximum atomic E-state index is 5.61. The summed E-state index contributed by atoms with van der Waals surface area (Å²) in [6.45, 7) is 4.76. The molecule has 0 saturated carbocycles. The van der Waals surface area contributed by atoms with E-state index in [0.29, 0.717) is 6.61 Å². The van der Waals surface area contributed by atoms with Crippen molar-refractivity contribution in [3.8, 4) is 5.75 Å². The van der Waals surface area contributed by atoms with Crippen LogP contribution in [0.4, 0.5) is 0 Å². The van der Waals surface area contributed by atoms with Crippen molar-refractivity contribution in [3.05, 3.63) is 29.5 Å². The van der Waals surface area contributed by atoms with Gasteiger partial charge in [0.2, 0.25) is 0 Å². The molecule has 0 unspecified atom stereocenters. The summed E-state index contributed by atoms with van der Waals surface area (Å²) in [5.74, 6) is 0.969. The highest BCUT2D eigenvalue weighted by Crippen LogP contribution is 2.45. The Hall–Kier alpha value is -0.400. The predicted octanol–water partition coefficient (Wildman–Crippen LogP) is 3.46. The molecule has 0 atom stereocenters. The van der Waals surface area contributed by atoms with Gasteiger partial charge in [0.1, 0.15) is 5.75 Å². The van der Waals surface area contributed by atoms with Crippen LogP contribution in [-0.2, 0) is 0 Å². The highest BCUT2D eigenvalue weighted by molar-refractivity contribution is 14.1. The molecule has 0 radical (unpaired) electrons. The van der Waals surface area contributed by atoms with Crippen LogP contribution in [0.3, 0.4) is 0 Å². The first-order chi connectivity index (χ1) is 8.79. The Kier molecular flexibility index (Phi) is 3.72. The van der Waals surface area contributed by atoms with Crippen molar-refractivity contribution in [2.24, 2.45) is 0 Å². The molecule has 3 nitrogen and oxygen atoms in total. The van der Waals surface area contributed by atoms with E-state index in [0.717, 1.165) is 25.3 Å². The monoisotopic (exact) mass is 374 g/mol. The van der Waals surface area contributed by atoms with Crippen molar-refractivity contribution in [1.82, 2.24) is 7.84 Å². The van der Waals surface area contributed by atoms with Crippen molar-refractivity contribution in [2.45, 2.75) is 18.2 Å². The van der Waals surface area contributed by atoms with Crippen molar-refractivity contribution in [2.75, 3.05) is 19.7 Å². The van der Waals surface area contributed by atoms with Crippen molar-refractivity contribution in [1.29, 1.82) is 0 Å². The lowest BCUT2D eigenvalue weighted by molar-refractivity contribution is 0.340. The molecule has 18 heavy (non-hydrogen) atoms. The number of rotatable bonds is 2. The Morgan fingerprint density at radius 2 is 2.39 bits per heavy atom. The molecule has 1 aromatic carbocycles. The van der Waals surface area contributed by atoms with E-state index in [4.69, 9.17) is 4.74 Å². The van der Waals surface area contributed by atoms with Gasteiger partial charge in [-0.2, -0.15) is 0 Å². The summed E-state index contributed by atoms with van der Waals surface area (Å²) in [5, 5.41) is 3.46. The summed E-state index contributed by atoms with van der Waals surface area (Å²) < 4.78 is 7.89. The molecule has 5 heteroatoms. The zero-order valence-electron chi connectivity index (χ0n) is 10.2. The second-order valence-corrected chi connectivity index (χ2v) is 6.89. The van der Waals surface area contributed by atoms with E-state index in [1.807, 2.05) is 6.92 Å². The van der Waals surface area contributed by atoms with Crippen LogP contribution >= 0.6 is 34.8 Å². The molecule has 0 aromatic heterocycles. The van der Waals surface area contributed by atoms with Gasteiger partial charge in [-0.25, -0.2) is 0 Å². The molecule has 1 aromatic rings. The highest BCUT2D eigenvalue weighted by Gasteiger charge is 2.26. The molecule has 0 amide bonds. The Balaban J connectivity index is 2.06. The van der Waals surface area contributed by atoms with Crippen LogP contribution in [0.2, 0.25) is 0 Å². The third-order valence-electron chi connectivity index (χ3n) is 3.17. The van der Waals surface area contributed by atoms with E-state index in [1.54, 1.807) is 11.9 Å². The fourth-order valence-electron chi connectivity index (χ4n) is 2.34. The predicted molar refractivity (Wildman–Crippen MR) is 83.7 cm³/mol. The number of nitrogens with one attached hydrogen (secondary N) is 1. The molecule has 96 valence electrons. The Morgan fingerprint density at radius 3 is 3.22 bits per heavy atom. The summed E-state index contributed by atoms with van der Waals surface area (Å²) in [4.78, 5) is 1.32. The minimum absolute atomic E-state index is 0.717. The van der Waals surface area contributed by atoms with Crippen LogP contribution < -0.4 is 10.1 Å². The number of hydrogen-bond acceptors (Lipinski definition) is 4. The number of halogens is 1. The maximum Gasteiger partial charge on any atom is 0.119 e. The molecule has 1 N–H and O–H groups in total. The summed E-state index contributed by atoms with van der Waals surface area (Å²) in [7, 11) is 0. The van der Waals surface area contributed by atoms with Gasteiger partial charge in [-0.3, -0.25) is 2.52 Å². The SMILES string of the molecule is CCOc1ccc2c(c1)C1=C(CCNC1)N(I)S2. The molecule has 2 aliphatic rings. The van der Waals surface area contributed by atoms with Crippen molar-refractivity contribution < 1.29 is 4.74 Å². The van der Waals surface area contributed by atoms with Crippen LogP contribution in [0, 0.1) is 0 Å². The van der Waals surface area contributed by atoms with E-state index in [1.165, 1.54) is 21.7 Å². The molecular weight excluding hydrogens is 359 g/mol. The van der Waals surface area contributed by atoms with Gasteiger partial charge in [-0.15, -0.1) is 0 Å². The van der Waals surface area contributed by atoms with E-state index < -0.39 is 0 Å². The number of nitrogens with zero attached hydrogens (tertiary/aromatic N) is 1. The molecule has 2 heterocycles. The molecule has 0 saturated heterocycles. The maximum absolute atomic E-state index is 5.61. The van der Waals surface area contributed by atoms with E-state index in [-0.39, 0.29) is 0 Å². The molecule has 3 rings (SSSR count). The molecular formula is C13H15IN2OS. The van der Waals surface area contributed by atoms with Gasteiger partial charge in [0.05, 0.1) is 29.5 Å². The largest absolute Gasteiger partial charge is 0.494 e. The Bertz CT molecular complexity index is 504. The van der Waals surface area contributed by atoms with E-state index in [2.05, 4.69) is 48.9 Å². The lowest BCUT2D eigenvalue weighted by Crippen LogP contribution is -2.29. The second kappa shape index (κ2) is 5.30. The molecule has 0 spiro atoms. The van der Waals surface area contributed by atoms with Crippen LogP contribution in [-0.4, -0.2) is 22.2 Å². The Morgan fingerprint density at radius 1 is 1.50 bits per heavy atom. The first-order valence-electron chi connectivity index (χ1n) is 6.13. The molecule has 0 bridgehead atoms. The zero-order valence-corrected chi connectivity index (χ0v) is 13.2. The Labute approximate surface area is 126 Å². The van der Waals surface area contributed by atoms with Crippen molar-refractivity contribution >= 4 is 40.4 Å². The van der Waals surface area contributed by atoms with Crippen LogP contribution in [0.15, 0.2) is 28.8 Å². The fraction of sp³-hybridized carbons (Fsp3) is 0.385. The number of ether oxygens (including phenoxy) is 1. The molecule has 0 aliphatic carbocycles. The van der Waals surface area contributed by atoms with E-state index in [9.17, 15) is 0 Å². The minimum Gasteiger partial charge on any atom is -0.494 e. The topological polar surface area (TPSA) is 24.5 Å². The summed E-state index contributed by atoms with van der Waals surface area (Å²) >= 11 is 4.20. The average molecular weight is 374 g/mol. The summed E-state index contributed by atoms with van der Waals surface area (Å²) in [6, 6.07) is 6.40. The molecule has 2 aliphatic heterocycles. The van der Waals surface area contributed by atoms with E-state index >= 15 is 0 Å². The fourth-order valence-corrected chi connectivity index (χ4v) is 4.40. The normalized spacial score (nSPS) is 18.4. The van der Waals surface area contributed by atoms with Gasteiger partial charge < -0.3 is 10.1 Å². The molecule has 0 fully saturated rings. The van der Waals surface area contributed by atoms with Gasteiger partial charge in [0.25, 0.3) is 0 Å². The average Bonchev–Trinajstić information content (AvgIpc) is 2.40.